The van der Waals surface area contributed by atoms with Crippen molar-refractivity contribution in [3.8, 4) is 28.4 Å². The van der Waals surface area contributed by atoms with Crippen molar-refractivity contribution in [3.05, 3.63) is 58.2 Å². The van der Waals surface area contributed by atoms with Crippen LogP contribution in [0.2, 0.25) is 0 Å². The molecule has 0 spiro atoms. The summed E-state index contributed by atoms with van der Waals surface area (Å²) in [5, 5.41) is 13.9. The predicted molar refractivity (Wildman–Crippen MR) is 111 cm³/mol. The van der Waals surface area contributed by atoms with Crippen molar-refractivity contribution in [1.29, 1.82) is 0 Å². The highest BCUT2D eigenvalue weighted by Gasteiger charge is 2.23. The normalized spacial score (nSPS) is 10.9. The van der Waals surface area contributed by atoms with Gasteiger partial charge in [0, 0.05) is 4.47 Å². The fourth-order valence-electron chi connectivity index (χ4n) is 3.13. The van der Waals surface area contributed by atoms with Gasteiger partial charge in [0.05, 0.1) is 31.2 Å². The number of hydrogen-bond donors (Lipinski definition) is 1. The summed E-state index contributed by atoms with van der Waals surface area (Å²) in [4.78, 5) is 11.7. The number of aromatic nitrogens is 2. The Labute approximate surface area is 171 Å². The van der Waals surface area contributed by atoms with E-state index in [1.54, 1.807) is 31.0 Å². The first-order valence-corrected chi connectivity index (χ1v) is 9.51. The number of aromatic carboxylic acids is 1. The maximum absolute atomic E-state index is 11.7. The first-order valence-electron chi connectivity index (χ1n) is 8.72. The number of nitrogens with zero attached hydrogens (tertiary/aromatic N) is 2. The van der Waals surface area contributed by atoms with Crippen LogP contribution in [-0.4, -0.2) is 35.1 Å². The molecule has 0 aliphatic heterocycles. The maximum atomic E-state index is 11.7. The molecule has 3 aromatic rings. The van der Waals surface area contributed by atoms with Gasteiger partial charge in [-0.25, -0.2) is 9.48 Å². The minimum Gasteiger partial charge on any atom is -0.496 e. The van der Waals surface area contributed by atoms with Crippen molar-refractivity contribution >= 4 is 21.9 Å². The molecule has 0 atom stereocenters. The van der Waals surface area contributed by atoms with Gasteiger partial charge < -0.3 is 14.6 Å². The van der Waals surface area contributed by atoms with E-state index in [1.807, 2.05) is 24.3 Å². The van der Waals surface area contributed by atoms with Gasteiger partial charge in [-0.3, -0.25) is 0 Å². The van der Waals surface area contributed by atoms with Crippen molar-refractivity contribution in [2.75, 3.05) is 14.2 Å². The zero-order valence-electron chi connectivity index (χ0n) is 16.1. The lowest BCUT2D eigenvalue weighted by Gasteiger charge is -2.18. The number of ether oxygens (including phenoxy) is 2. The minimum absolute atomic E-state index is 0.0550. The Hall–Kier alpha value is -2.80. The number of benzene rings is 2. The zero-order valence-corrected chi connectivity index (χ0v) is 17.6. The Balaban J connectivity index is 2.37. The van der Waals surface area contributed by atoms with Crippen molar-refractivity contribution in [1.82, 2.24) is 9.78 Å². The van der Waals surface area contributed by atoms with Crippen LogP contribution in [0.1, 0.15) is 35.8 Å². The molecule has 146 valence electrons. The molecule has 1 aromatic heterocycles. The summed E-state index contributed by atoms with van der Waals surface area (Å²) < 4.78 is 13.6. The summed E-state index contributed by atoms with van der Waals surface area (Å²) in [5.74, 6) is 0.246. The fraction of sp³-hybridized carbons (Fsp3) is 0.238. The van der Waals surface area contributed by atoms with Gasteiger partial charge in [-0.05, 0) is 47.9 Å². The third-order valence-electron chi connectivity index (χ3n) is 4.45. The van der Waals surface area contributed by atoms with E-state index in [2.05, 4.69) is 34.9 Å². The predicted octanol–water partition coefficient (Wildman–Crippen LogP) is 5.14. The number of rotatable bonds is 6. The van der Waals surface area contributed by atoms with E-state index in [0.717, 1.165) is 15.7 Å². The van der Waals surface area contributed by atoms with E-state index < -0.39 is 5.97 Å². The Morgan fingerprint density at radius 2 is 1.75 bits per heavy atom. The van der Waals surface area contributed by atoms with Crippen LogP contribution in [-0.2, 0) is 0 Å². The van der Waals surface area contributed by atoms with Crippen LogP contribution >= 0.6 is 15.9 Å². The Morgan fingerprint density at radius 3 is 2.29 bits per heavy atom. The molecule has 0 saturated heterocycles. The van der Waals surface area contributed by atoms with E-state index in [1.165, 1.54) is 6.07 Å². The third kappa shape index (κ3) is 3.62. The average Bonchev–Trinajstić information content (AvgIpc) is 3.12. The molecule has 0 radical (unpaired) electrons. The monoisotopic (exact) mass is 444 g/mol. The molecule has 6 nitrogen and oxygen atoms in total. The average molecular weight is 445 g/mol. The van der Waals surface area contributed by atoms with Crippen LogP contribution in [0.3, 0.4) is 0 Å². The van der Waals surface area contributed by atoms with E-state index in [9.17, 15) is 9.90 Å². The first kappa shape index (κ1) is 19.9. The van der Waals surface area contributed by atoms with Gasteiger partial charge in [0.25, 0.3) is 0 Å². The van der Waals surface area contributed by atoms with Crippen molar-refractivity contribution in [3.63, 3.8) is 0 Å². The number of halogens is 1. The van der Waals surface area contributed by atoms with Crippen LogP contribution < -0.4 is 9.47 Å². The molecule has 28 heavy (non-hydrogen) atoms. The quantitative estimate of drug-likeness (QED) is 0.569. The topological polar surface area (TPSA) is 73.6 Å². The Morgan fingerprint density at radius 1 is 1.11 bits per heavy atom. The first-order chi connectivity index (χ1) is 13.4. The smallest absolute Gasteiger partial charge is 0.356 e. The molecule has 0 unspecified atom stereocenters. The molecular weight excluding hydrogens is 424 g/mol. The summed E-state index contributed by atoms with van der Waals surface area (Å²) in [5.41, 5.74) is 3.00. The van der Waals surface area contributed by atoms with Crippen LogP contribution in [0.25, 0.3) is 16.9 Å². The molecular formula is C21H21BrN2O4. The van der Waals surface area contributed by atoms with Crippen LogP contribution in [0.5, 0.6) is 11.5 Å². The van der Waals surface area contributed by atoms with Crippen LogP contribution in [0.15, 0.2) is 46.9 Å². The Kier molecular flexibility index (Phi) is 5.74. The van der Waals surface area contributed by atoms with Crippen LogP contribution in [0, 0.1) is 0 Å². The number of carbonyl (C=O) groups is 1. The number of methoxy groups -OCH3 is 2. The van der Waals surface area contributed by atoms with Gasteiger partial charge in [-0.1, -0.05) is 35.8 Å². The molecule has 0 amide bonds. The molecule has 1 heterocycles. The molecule has 0 aliphatic carbocycles. The molecule has 2 aromatic carbocycles. The van der Waals surface area contributed by atoms with Gasteiger partial charge >= 0.3 is 5.97 Å². The second kappa shape index (κ2) is 8.06. The summed E-state index contributed by atoms with van der Waals surface area (Å²) in [7, 11) is 3.13. The van der Waals surface area contributed by atoms with Gasteiger partial charge in [0.15, 0.2) is 5.69 Å². The van der Waals surface area contributed by atoms with E-state index in [4.69, 9.17) is 9.47 Å². The maximum Gasteiger partial charge on any atom is 0.356 e. The SMILES string of the molecule is COc1cccc(OC)c1-c1cc(C(=O)O)nn1-c1ccc(Br)cc1C(C)C. The molecule has 0 fully saturated rings. The summed E-state index contributed by atoms with van der Waals surface area (Å²) >= 11 is 3.51. The number of carboxylic acid groups (broad SMARTS) is 1. The van der Waals surface area contributed by atoms with E-state index in [0.29, 0.717) is 22.8 Å². The molecule has 3 rings (SSSR count). The molecule has 0 aliphatic rings. The second-order valence-electron chi connectivity index (χ2n) is 6.53. The minimum atomic E-state index is -1.10. The Bertz CT molecular complexity index is 1000. The van der Waals surface area contributed by atoms with Crippen LogP contribution in [0.4, 0.5) is 0 Å². The summed E-state index contributed by atoms with van der Waals surface area (Å²) in [6.45, 7) is 4.16. The largest absolute Gasteiger partial charge is 0.496 e. The number of carboxylic acids is 1. The molecule has 7 heteroatoms. The molecule has 0 saturated carbocycles. The van der Waals surface area contributed by atoms with Gasteiger partial charge in [0.2, 0.25) is 0 Å². The standard InChI is InChI=1S/C21H21BrN2O4/c1-12(2)14-10-13(22)8-9-16(14)24-17(11-15(23-24)21(25)26)20-18(27-3)6-5-7-19(20)28-4/h5-12H,1-4H3,(H,25,26). The summed E-state index contributed by atoms with van der Waals surface area (Å²) in [6, 6.07) is 12.8. The highest BCUT2D eigenvalue weighted by Crippen LogP contribution is 2.40. The van der Waals surface area contributed by atoms with Crippen molar-refractivity contribution < 1.29 is 19.4 Å². The lowest BCUT2D eigenvalue weighted by molar-refractivity contribution is 0.0690. The van der Waals surface area contributed by atoms with Crippen molar-refractivity contribution in [2.24, 2.45) is 0 Å². The molecule has 1 N–H and O–H groups in total. The van der Waals surface area contributed by atoms with Crippen molar-refractivity contribution in [2.45, 2.75) is 19.8 Å². The van der Waals surface area contributed by atoms with Gasteiger partial charge in [-0.2, -0.15) is 5.10 Å². The van der Waals surface area contributed by atoms with Gasteiger partial charge in [0.1, 0.15) is 11.5 Å². The second-order valence-corrected chi connectivity index (χ2v) is 7.44. The molecule has 0 bridgehead atoms. The highest BCUT2D eigenvalue weighted by atomic mass is 79.9. The van der Waals surface area contributed by atoms with E-state index >= 15 is 0 Å². The fourth-order valence-corrected chi connectivity index (χ4v) is 3.51. The zero-order chi connectivity index (χ0) is 20.4. The highest BCUT2D eigenvalue weighted by molar-refractivity contribution is 9.10. The third-order valence-corrected chi connectivity index (χ3v) is 4.95. The lowest BCUT2D eigenvalue weighted by Crippen LogP contribution is -2.07. The van der Waals surface area contributed by atoms with E-state index in [-0.39, 0.29) is 11.6 Å². The summed E-state index contributed by atoms with van der Waals surface area (Å²) in [6.07, 6.45) is 0. The lowest BCUT2D eigenvalue weighted by atomic mass is 10.0. The number of hydrogen-bond acceptors (Lipinski definition) is 4. The van der Waals surface area contributed by atoms with Gasteiger partial charge in [-0.15, -0.1) is 0 Å².